The quantitative estimate of drug-likeness (QED) is 0.611. The van der Waals surface area contributed by atoms with Crippen molar-refractivity contribution in [2.75, 3.05) is 30.4 Å². The Bertz CT molecular complexity index is 897. The number of amides is 1. The minimum atomic E-state index is -0.418. The molecule has 1 fully saturated rings. The molecule has 0 radical (unpaired) electrons. The van der Waals surface area contributed by atoms with Gasteiger partial charge in [-0.15, -0.1) is 0 Å². The first-order chi connectivity index (χ1) is 13.4. The number of hydrogen-bond acceptors (Lipinski definition) is 5. The molecule has 1 atom stereocenters. The number of rotatable bonds is 5. The summed E-state index contributed by atoms with van der Waals surface area (Å²) in [5.74, 6) is 0.614. The third-order valence-corrected chi connectivity index (χ3v) is 5.04. The van der Waals surface area contributed by atoms with Crippen molar-refractivity contribution in [3.63, 3.8) is 0 Å². The molecule has 1 heterocycles. The van der Waals surface area contributed by atoms with Gasteiger partial charge in [-0.25, -0.2) is 0 Å². The van der Waals surface area contributed by atoms with E-state index >= 15 is 0 Å². The first-order valence-electron chi connectivity index (χ1n) is 9.38. The Morgan fingerprint density at radius 1 is 1.29 bits per heavy atom. The van der Waals surface area contributed by atoms with Crippen LogP contribution in [0.25, 0.3) is 0 Å². The molecule has 1 aliphatic rings. The third-order valence-electron chi connectivity index (χ3n) is 5.04. The molecule has 0 aliphatic carbocycles. The largest absolute Gasteiger partial charge is 0.495 e. The molecule has 7 nitrogen and oxygen atoms in total. The number of aryl methyl sites for hydroxylation is 1. The molecule has 1 aliphatic heterocycles. The summed E-state index contributed by atoms with van der Waals surface area (Å²) in [5, 5.41) is 14.4. The van der Waals surface area contributed by atoms with Crippen molar-refractivity contribution >= 4 is 23.0 Å². The van der Waals surface area contributed by atoms with Crippen molar-refractivity contribution in [3.8, 4) is 5.75 Å². The Labute approximate surface area is 164 Å². The van der Waals surface area contributed by atoms with Crippen LogP contribution in [0.2, 0.25) is 0 Å². The molecular weight excluding hydrogens is 358 g/mol. The molecule has 2 aromatic rings. The van der Waals surface area contributed by atoms with Crippen molar-refractivity contribution in [2.45, 2.75) is 26.7 Å². The lowest BCUT2D eigenvalue weighted by molar-refractivity contribution is -0.384. The van der Waals surface area contributed by atoms with E-state index in [4.69, 9.17) is 4.74 Å². The van der Waals surface area contributed by atoms with E-state index in [0.29, 0.717) is 23.0 Å². The molecule has 0 unspecified atom stereocenters. The second-order valence-electron chi connectivity index (χ2n) is 7.31. The first-order valence-corrected chi connectivity index (χ1v) is 9.38. The molecule has 3 rings (SSSR count). The highest BCUT2D eigenvalue weighted by Crippen LogP contribution is 2.33. The van der Waals surface area contributed by atoms with Gasteiger partial charge in [-0.2, -0.15) is 0 Å². The minimum absolute atomic E-state index is 0.0436. The molecule has 1 amide bonds. The molecule has 1 N–H and O–H groups in total. The highest BCUT2D eigenvalue weighted by atomic mass is 16.6. The number of methoxy groups -OCH3 is 1. The van der Waals surface area contributed by atoms with E-state index in [1.54, 1.807) is 24.3 Å². The van der Waals surface area contributed by atoms with Crippen molar-refractivity contribution in [1.29, 1.82) is 0 Å². The molecule has 0 saturated carbocycles. The first kappa shape index (κ1) is 19.7. The molecule has 0 spiro atoms. The summed E-state index contributed by atoms with van der Waals surface area (Å²) in [7, 11) is 1.53. The van der Waals surface area contributed by atoms with Gasteiger partial charge in [-0.05, 0) is 55.5 Å². The second kappa shape index (κ2) is 8.29. The van der Waals surface area contributed by atoms with E-state index < -0.39 is 10.8 Å². The molecule has 0 bridgehead atoms. The predicted octanol–water partition coefficient (Wildman–Crippen LogP) is 4.40. The zero-order chi connectivity index (χ0) is 20.3. The normalized spacial score (nSPS) is 16.5. The van der Waals surface area contributed by atoms with Gasteiger partial charge in [0.25, 0.3) is 11.6 Å². The van der Waals surface area contributed by atoms with E-state index in [1.165, 1.54) is 13.2 Å². The summed E-state index contributed by atoms with van der Waals surface area (Å²) in [6.07, 6.45) is 2.14. The Morgan fingerprint density at radius 2 is 2.07 bits per heavy atom. The van der Waals surface area contributed by atoms with Crippen LogP contribution in [0.1, 0.15) is 35.7 Å². The Morgan fingerprint density at radius 3 is 2.75 bits per heavy atom. The van der Waals surface area contributed by atoms with Gasteiger partial charge in [-0.1, -0.05) is 13.0 Å². The summed E-state index contributed by atoms with van der Waals surface area (Å²) in [5.41, 5.74) is 2.27. The van der Waals surface area contributed by atoms with E-state index in [1.807, 2.05) is 17.9 Å². The van der Waals surface area contributed by atoms with Crippen molar-refractivity contribution < 1.29 is 14.5 Å². The number of nitrogens with one attached hydrogen (secondary N) is 1. The van der Waals surface area contributed by atoms with E-state index in [0.717, 1.165) is 31.5 Å². The van der Waals surface area contributed by atoms with Gasteiger partial charge >= 0.3 is 0 Å². The monoisotopic (exact) mass is 383 g/mol. The Kier molecular flexibility index (Phi) is 5.82. The topological polar surface area (TPSA) is 84.7 Å². The van der Waals surface area contributed by atoms with Gasteiger partial charge in [0.2, 0.25) is 0 Å². The average Bonchev–Trinajstić information content (AvgIpc) is 2.67. The van der Waals surface area contributed by atoms with E-state index in [2.05, 4.69) is 12.2 Å². The smallest absolute Gasteiger partial charge is 0.293 e. The van der Waals surface area contributed by atoms with Crippen LogP contribution in [-0.2, 0) is 0 Å². The number of nitro benzene ring substituents is 1. The zero-order valence-corrected chi connectivity index (χ0v) is 16.4. The maximum absolute atomic E-state index is 12.7. The van der Waals surface area contributed by atoms with Crippen LogP contribution in [-0.4, -0.2) is 31.0 Å². The maximum atomic E-state index is 12.7. The van der Waals surface area contributed by atoms with Crippen molar-refractivity contribution in [1.82, 2.24) is 0 Å². The van der Waals surface area contributed by atoms with Crippen LogP contribution in [0.15, 0.2) is 36.4 Å². The highest BCUT2D eigenvalue weighted by Gasteiger charge is 2.25. The summed E-state index contributed by atoms with van der Waals surface area (Å²) in [6.45, 7) is 5.63. The number of piperidine rings is 1. The third kappa shape index (κ3) is 4.24. The van der Waals surface area contributed by atoms with E-state index in [9.17, 15) is 14.9 Å². The van der Waals surface area contributed by atoms with Crippen LogP contribution in [0, 0.1) is 23.0 Å². The number of ether oxygens (including phenoxy) is 1. The molecule has 148 valence electrons. The van der Waals surface area contributed by atoms with Gasteiger partial charge < -0.3 is 15.0 Å². The van der Waals surface area contributed by atoms with Gasteiger partial charge in [0.15, 0.2) is 0 Å². The highest BCUT2D eigenvalue weighted by molar-refractivity contribution is 6.05. The average molecular weight is 383 g/mol. The molecular formula is C21H25N3O4. The molecule has 2 aromatic carbocycles. The number of anilines is 2. The molecule has 0 aromatic heterocycles. The number of benzene rings is 2. The summed E-state index contributed by atoms with van der Waals surface area (Å²) >= 11 is 0. The fourth-order valence-corrected chi connectivity index (χ4v) is 3.60. The molecule has 28 heavy (non-hydrogen) atoms. The zero-order valence-electron chi connectivity index (χ0n) is 16.4. The number of nitro groups is 1. The van der Waals surface area contributed by atoms with Crippen LogP contribution in [0.5, 0.6) is 5.75 Å². The second-order valence-corrected chi connectivity index (χ2v) is 7.31. The van der Waals surface area contributed by atoms with Crippen molar-refractivity contribution in [3.05, 3.63) is 57.6 Å². The standard InChI is InChI=1S/C21H25N3O4/c1-14-6-9-20(28-3)17(11-14)22-21(25)16-7-8-18(19(12-16)24(26)27)23-10-4-5-15(2)13-23/h6-9,11-12,15H,4-5,10,13H2,1-3H3,(H,22,25)/t15-/m0/s1. The van der Waals surface area contributed by atoms with Crippen molar-refractivity contribution in [2.24, 2.45) is 5.92 Å². The Hall–Kier alpha value is -3.09. The fourth-order valence-electron chi connectivity index (χ4n) is 3.60. The summed E-state index contributed by atoms with van der Waals surface area (Å²) in [4.78, 5) is 26.0. The fraction of sp³-hybridized carbons (Fsp3) is 0.381. The predicted molar refractivity (Wildman–Crippen MR) is 109 cm³/mol. The van der Waals surface area contributed by atoms with Crippen LogP contribution in [0.4, 0.5) is 17.1 Å². The summed E-state index contributed by atoms with van der Waals surface area (Å²) in [6, 6.07) is 10.1. The lowest BCUT2D eigenvalue weighted by Gasteiger charge is -2.32. The van der Waals surface area contributed by atoms with Gasteiger partial charge in [0, 0.05) is 24.7 Å². The lowest BCUT2D eigenvalue weighted by atomic mass is 9.99. The lowest BCUT2D eigenvalue weighted by Crippen LogP contribution is -2.34. The molecule has 7 heteroatoms. The molecule has 1 saturated heterocycles. The van der Waals surface area contributed by atoms with Crippen LogP contribution in [0.3, 0.4) is 0 Å². The van der Waals surface area contributed by atoms with Crippen LogP contribution >= 0.6 is 0 Å². The van der Waals surface area contributed by atoms with Gasteiger partial charge in [0.05, 0.1) is 17.7 Å². The van der Waals surface area contributed by atoms with E-state index in [-0.39, 0.29) is 11.3 Å². The van der Waals surface area contributed by atoms with Gasteiger partial charge in [-0.3, -0.25) is 14.9 Å². The minimum Gasteiger partial charge on any atom is -0.495 e. The number of nitrogens with zero attached hydrogens (tertiary/aromatic N) is 2. The maximum Gasteiger partial charge on any atom is 0.293 e. The number of carbonyl (C=O) groups is 1. The van der Waals surface area contributed by atoms with Crippen LogP contribution < -0.4 is 15.0 Å². The number of hydrogen-bond donors (Lipinski definition) is 1. The Balaban J connectivity index is 1.88. The summed E-state index contributed by atoms with van der Waals surface area (Å²) < 4.78 is 5.28. The number of carbonyl (C=O) groups excluding carboxylic acids is 1. The van der Waals surface area contributed by atoms with Gasteiger partial charge in [0.1, 0.15) is 11.4 Å². The SMILES string of the molecule is COc1ccc(C)cc1NC(=O)c1ccc(N2CCC[C@H](C)C2)c([N+](=O)[O-])c1.